The summed E-state index contributed by atoms with van der Waals surface area (Å²) in [6, 6.07) is 7.55. The van der Waals surface area contributed by atoms with E-state index in [0.29, 0.717) is 11.4 Å². The highest BCUT2D eigenvalue weighted by Gasteiger charge is 2.15. The first-order chi connectivity index (χ1) is 9.56. The number of benzene rings is 1. The van der Waals surface area contributed by atoms with Gasteiger partial charge in [0, 0.05) is 0 Å². The van der Waals surface area contributed by atoms with E-state index in [4.69, 9.17) is 10.2 Å². The van der Waals surface area contributed by atoms with E-state index in [1.165, 1.54) is 30.0 Å². The summed E-state index contributed by atoms with van der Waals surface area (Å²) in [7, 11) is 0. The van der Waals surface area contributed by atoms with Crippen molar-refractivity contribution >= 4 is 29.0 Å². The molecule has 6 heteroatoms. The van der Waals surface area contributed by atoms with Crippen LogP contribution in [0.25, 0.3) is 0 Å². The number of thioether (sulfide) groups is 1. The van der Waals surface area contributed by atoms with Crippen LogP contribution in [0.1, 0.15) is 12.7 Å². The van der Waals surface area contributed by atoms with Crippen molar-refractivity contribution in [2.45, 2.75) is 17.9 Å². The zero-order chi connectivity index (χ0) is 14.5. The highest BCUT2D eigenvalue weighted by atomic mass is 32.2. The summed E-state index contributed by atoms with van der Waals surface area (Å²) in [4.78, 5) is 12.0. The molecular weight excluding hydrogens is 279 g/mol. The zero-order valence-corrected chi connectivity index (χ0v) is 11.7. The van der Waals surface area contributed by atoms with Gasteiger partial charge in [0.15, 0.2) is 0 Å². The van der Waals surface area contributed by atoms with E-state index in [1.807, 2.05) is 6.07 Å². The summed E-state index contributed by atoms with van der Waals surface area (Å²) in [5, 5.41) is 2.41. The maximum Gasteiger partial charge on any atom is 0.237 e. The van der Waals surface area contributed by atoms with Gasteiger partial charge in [-0.2, -0.15) is 0 Å². The lowest BCUT2D eigenvalue weighted by molar-refractivity contribution is -0.115. The lowest BCUT2D eigenvalue weighted by Gasteiger charge is -2.12. The first kappa shape index (κ1) is 14.5. The standard InChI is InChI=1S/C14H15FN2O2S/c1-9(20-8-11-3-2-6-19-11)14(18)17-13-5-4-10(15)7-12(13)16/h2-7,9H,8,16H2,1H3,(H,17,18). The van der Waals surface area contributed by atoms with Crippen molar-refractivity contribution in [1.29, 1.82) is 0 Å². The van der Waals surface area contributed by atoms with Crippen LogP contribution in [0.3, 0.4) is 0 Å². The number of hydrogen-bond donors (Lipinski definition) is 2. The van der Waals surface area contributed by atoms with Crippen LogP contribution in [0.5, 0.6) is 0 Å². The molecule has 0 spiro atoms. The van der Waals surface area contributed by atoms with Gasteiger partial charge in [-0.25, -0.2) is 4.39 Å². The number of carbonyl (C=O) groups is 1. The van der Waals surface area contributed by atoms with Crippen molar-refractivity contribution in [3.8, 4) is 0 Å². The Balaban J connectivity index is 1.90. The molecule has 0 saturated heterocycles. The molecule has 20 heavy (non-hydrogen) atoms. The molecule has 1 amide bonds. The third kappa shape index (κ3) is 3.77. The SMILES string of the molecule is CC(SCc1ccco1)C(=O)Nc1ccc(F)cc1N. The molecule has 1 aromatic carbocycles. The smallest absolute Gasteiger partial charge is 0.237 e. The second-order valence-electron chi connectivity index (χ2n) is 4.25. The van der Waals surface area contributed by atoms with E-state index >= 15 is 0 Å². The van der Waals surface area contributed by atoms with E-state index < -0.39 is 5.82 Å². The summed E-state index contributed by atoms with van der Waals surface area (Å²) in [5.41, 5.74) is 6.27. The van der Waals surface area contributed by atoms with Gasteiger partial charge in [0.05, 0.1) is 28.6 Å². The molecule has 0 radical (unpaired) electrons. The number of furan rings is 1. The number of nitrogens with one attached hydrogen (secondary N) is 1. The van der Waals surface area contributed by atoms with Crippen molar-refractivity contribution in [3.05, 3.63) is 48.2 Å². The molecule has 0 fully saturated rings. The fourth-order valence-electron chi connectivity index (χ4n) is 1.56. The summed E-state index contributed by atoms with van der Waals surface area (Å²) in [6.45, 7) is 1.79. The van der Waals surface area contributed by atoms with Gasteiger partial charge in [0.2, 0.25) is 5.91 Å². The van der Waals surface area contributed by atoms with Crippen molar-refractivity contribution < 1.29 is 13.6 Å². The van der Waals surface area contributed by atoms with Crippen LogP contribution in [0.15, 0.2) is 41.0 Å². The number of hydrogen-bond acceptors (Lipinski definition) is 4. The Kier molecular flexibility index (Phi) is 4.68. The number of halogens is 1. The van der Waals surface area contributed by atoms with Gasteiger partial charge in [-0.3, -0.25) is 4.79 Å². The van der Waals surface area contributed by atoms with Gasteiger partial charge >= 0.3 is 0 Å². The molecule has 1 aromatic heterocycles. The molecule has 3 N–H and O–H groups in total. The zero-order valence-electron chi connectivity index (χ0n) is 10.9. The fourth-order valence-corrected chi connectivity index (χ4v) is 2.35. The van der Waals surface area contributed by atoms with Gasteiger partial charge in [-0.05, 0) is 37.3 Å². The lowest BCUT2D eigenvalue weighted by Crippen LogP contribution is -2.23. The normalized spacial score (nSPS) is 12.1. The van der Waals surface area contributed by atoms with E-state index in [0.717, 1.165) is 5.76 Å². The van der Waals surface area contributed by atoms with Crippen molar-refractivity contribution in [1.82, 2.24) is 0 Å². The first-order valence-electron chi connectivity index (χ1n) is 6.06. The van der Waals surface area contributed by atoms with Crippen LogP contribution in [0.2, 0.25) is 0 Å². The number of amides is 1. The van der Waals surface area contributed by atoms with Crippen molar-refractivity contribution in [2.75, 3.05) is 11.1 Å². The minimum absolute atomic E-state index is 0.181. The topological polar surface area (TPSA) is 68.3 Å². The average molecular weight is 294 g/mol. The van der Waals surface area contributed by atoms with Gasteiger partial charge < -0.3 is 15.5 Å². The predicted octanol–water partition coefficient (Wildman–Crippen LogP) is 3.26. The van der Waals surface area contributed by atoms with Crippen molar-refractivity contribution in [3.63, 3.8) is 0 Å². The molecule has 0 saturated carbocycles. The Bertz CT molecular complexity index is 587. The summed E-state index contributed by atoms with van der Waals surface area (Å²) >= 11 is 1.45. The molecular formula is C14H15FN2O2S. The first-order valence-corrected chi connectivity index (χ1v) is 7.11. The molecule has 106 valence electrons. The molecule has 1 heterocycles. The van der Waals surface area contributed by atoms with Gasteiger partial charge in [0.1, 0.15) is 11.6 Å². The average Bonchev–Trinajstić information content (AvgIpc) is 2.92. The molecule has 0 aliphatic heterocycles. The lowest BCUT2D eigenvalue weighted by atomic mass is 10.2. The van der Waals surface area contributed by atoms with E-state index in [1.54, 1.807) is 19.3 Å². The third-order valence-electron chi connectivity index (χ3n) is 2.70. The predicted molar refractivity (Wildman–Crippen MR) is 78.9 cm³/mol. The van der Waals surface area contributed by atoms with Crippen LogP contribution in [0.4, 0.5) is 15.8 Å². The Hall–Kier alpha value is -1.95. The molecule has 4 nitrogen and oxygen atoms in total. The minimum atomic E-state index is -0.430. The van der Waals surface area contributed by atoms with E-state index in [-0.39, 0.29) is 16.8 Å². The molecule has 1 unspecified atom stereocenters. The molecule has 0 bridgehead atoms. The Morgan fingerprint density at radius 1 is 1.50 bits per heavy atom. The number of anilines is 2. The fraction of sp³-hybridized carbons (Fsp3) is 0.214. The second-order valence-corrected chi connectivity index (χ2v) is 5.58. The van der Waals surface area contributed by atoms with Crippen LogP contribution in [-0.4, -0.2) is 11.2 Å². The van der Waals surface area contributed by atoms with Crippen LogP contribution < -0.4 is 11.1 Å². The number of carbonyl (C=O) groups excluding carboxylic acids is 1. The Morgan fingerprint density at radius 3 is 2.95 bits per heavy atom. The maximum atomic E-state index is 12.9. The molecule has 0 aliphatic rings. The summed E-state index contributed by atoms with van der Waals surface area (Å²) in [6.07, 6.45) is 1.60. The minimum Gasteiger partial charge on any atom is -0.468 e. The maximum absolute atomic E-state index is 12.9. The Labute approximate surface area is 120 Å². The molecule has 2 rings (SSSR count). The second kappa shape index (κ2) is 6.47. The van der Waals surface area contributed by atoms with Crippen molar-refractivity contribution in [2.24, 2.45) is 0 Å². The van der Waals surface area contributed by atoms with Gasteiger partial charge in [0.25, 0.3) is 0 Å². The monoisotopic (exact) mass is 294 g/mol. The van der Waals surface area contributed by atoms with Crippen LogP contribution >= 0.6 is 11.8 Å². The van der Waals surface area contributed by atoms with E-state index in [2.05, 4.69) is 5.32 Å². The van der Waals surface area contributed by atoms with E-state index in [9.17, 15) is 9.18 Å². The largest absolute Gasteiger partial charge is 0.468 e. The van der Waals surface area contributed by atoms with Crippen LogP contribution in [-0.2, 0) is 10.5 Å². The molecule has 2 aromatic rings. The van der Waals surface area contributed by atoms with Gasteiger partial charge in [-0.1, -0.05) is 0 Å². The summed E-state index contributed by atoms with van der Waals surface area (Å²) < 4.78 is 18.1. The van der Waals surface area contributed by atoms with Crippen LogP contribution in [0, 0.1) is 5.82 Å². The number of nitrogens with two attached hydrogens (primary N) is 1. The quantitative estimate of drug-likeness (QED) is 0.831. The Morgan fingerprint density at radius 2 is 2.30 bits per heavy atom. The number of rotatable bonds is 5. The third-order valence-corrected chi connectivity index (χ3v) is 3.86. The molecule has 0 aliphatic carbocycles. The highest BCUT2D eigenvalue weighted by molar-refractivity contribution is 7.99. The summed E-state index contributed by atoms with van der Waals surface area (Å²) in [5.74, 6) is 0.817. The highest BCUT2D eigenvalue weighted by Crippen LogP contribution is 2.22. The number of nitrogen functional groups attached to an aromatic ring is 1. The molecule has 1 atom stereocenters. The van der Waals surface area contributed by atoms with Gasteiger partial charge in [-0.15, -0.1) is 11.8 Å².